The first kappa shape index (κ1) is 15.6. The molecule has 0 radical (unpaired) electrons. The van der Waals surface area contributed by atoms with Crippen LogP contribution in [0.5, 0.6) is 0 Å². The molecule has 0 aliphatic carbocycles. The predicted molar refractivity (Wildman–Crippen MR) is 90.2 cm³/mol. The second-order valence-electron chi connectivity index (χ2n) is 4.99. The standard InChI is InChI=1S/C18H21NOS/c1-15(17-10-6-3-7-11-17)19-18(20)12-13-21-14-16-8-4-2-5-9-16/h2-11,15H,12-14H2,1H3,(H,19,20)/t15-/m1/s1. The van der Waals surface area contributed by atoms with Crippen molar-refractivity contribution in [1.29, 1.82) is 0 Å². The Bertz CT molecular complexity index is 542. The number of benzene rings is 2. The quantitative estimate of drug-likeness (QED) is 0.777. The highest BCUT2D eigenvalue weighted by molar-refractivity contribution is 7.98. The molecule has 3 heteroatoms. The Morgan fingerprint density at radius 3 is 2.33 bits per heavy atom. The van der Waals surface area contributed by atoms with Crippen molar-refractivity contribution in [3.05, 3.63) is 71.8 Å². The van der Waals surface area contributed by atoms with Crippen molar-refractivity contribution in [3.8, 4) is 0 Å². The van der Waals surface area contributed by atoms with Crippen LogP contribution in [0.2, 0.25) is 0 Å². The number of hydrogen-bond donors (Lipinski definition) is 1. The highest BCUT2D eigenvalue weighted by atomic mass is 32.2. The van der Waals surface area contributed by atoms with Gasteiger partial charge >= 0.3 is 0 Å². The highest BCUT2D eigenvalue weighted by Gasteiger charge is 2.08. The first-order chi connectivity index (χ1) is 10.3. The first-order valence-corrected chi connectivity index (χ1v) is 8.37. The van der Waals surface area contributed by atoms with Crippen molar-refractivity contribution in [2.24, 2.45) is 0 Å². The van der Waals surface area contributed by atoms with Gasteiger partial charge in [0.05, 0.1) is 6.04 Å². The molecule has 21 heavy (non-hydrogen) atoms. The van der Waals surface area contributed by atoms with E-state index in [1.807, 2.05) is 55.5 Å². The van der Waals surface area contributed by atoms with Crippen LogP contribution in [0.4, 0.5) is 0 Å². The second-order valence-corrected chi connectivity index (χ2v) is 6.09. The maximum atomic E-state index is 11.9. The molecular weight excluding hydrogens is 278 g/mol. The van der Waals surface area contributed by atoms with E-state index in [0.717, 1.165) is 17.1 Å². The van der Waals surface area contributed by atoms with Crippen LogP contribution in [0.15, 0.2) is 60.7 Å². The van der Waals surface area contributed by atoms with Crippen molar-refractivity contribution in [3.63, 3.8) is 0 Å². The molecule has 0 bridgehead atoms. The van der Waals surface area contributed by atoms with Crippen molar-refractivity contribution < 1.29 is 4.79 Å². The molecule has 1 amide bonds. The fourth-order valence-corrected chi connectivity index (χ4v) is 2.97. The van der Waals surface area contributed by atoms with E-state index in [9.17, 15) is 4.79 Å². The van der Waals surface area contributed by atoms with Gasteiger partial charge in [0, 0.05) is 17.9 Å². The molecule has 2 aromatic carbocycles. The SMILES string of the molecule is C[C@@H](NC(=O)CCSCc1ccccc1)c1ccccc1. The van der Waals surface area contributed by atoms with Gasteiger partial charge < -0.3 is 5.32 Å². The maximum absolute atomic E-state index is 11.9. The van der Waals surface area contributed by atoms with Crippen LogP contribution in [0.1, 0.15) is 30.5 Å². The highest BCUT2D eigenvalue weighted by Crippen LogP contribution is 2.14. The number of hydrogen-bond acceptors (Lipinski definition) is 2. The second kappa shape index (κ2) is 8.53. The lowest BCUT2D eigenvalue weighted by Gasteiger charge is -2.14. The van der Waals surface area contributed by atoms with E-state index in [0.29, 0.717) is 6.42 Å². The lowest BCUT2D eigenvalue weighted by Crippen LogP contribution is -2.26. The number of amides is 1. The molecular formula is C18H21NOS. The normalized spacial score (nSPS) is 11.9. The Hall–Kier alpha value is -1.74. The molecule has 0 unspecified atom stereocenters. The molecule has 1 atom stereocenters. The zero-order chi connectivity index (χ0) is 14.9. The summed E-state index contributed by atoms with van der Waals surface area (Å²) in [4.78, 5) is 11.9. The summed E-state index contributed by atoms with van der Waals surface area (Å²) in [6.45, 7) is 2.02. The smallest absolute Gasteiger partial charge is 0.221 e. The van der Waals surface area contributed by atoms with E-state index in [4.69, 9.17) is 0 Å². The van der Waals surface area contributed by atoms with E-state index < -0.39 is 0 Å². The summed E-state index contributed by atoms with van der Waals surface area (Å²) in [5.74, 6) is 1.93. The Morgan fingerprint density at radius 2 is 1.67 bits per heavy atom. The summed E-state index contributed by atoms with van der Waals surface area (Å²) in [6.07, 6.45) is 0.564. The van der Waals surface area contributed by atoms with E-state index in [-0.39, 0.29) is 11.9 Å². The third kappa shape index (κ3) is 5.64. The molecule has 1 N–H and O–H groups in total. The molecule has 0 aliphatic heterocycles. The zero-order valence-corrected chi connectivity index (χ0v) is 13.1. The van der Waals surface area contributed by atoms with Crippen LogP contribution in [0, 0.1) is 0 Å². The van der Waals surface area contributed by atoms with E-state index >= 15 is 0 Å². The molecule has 0 fully saturated rings. The van der Waals surface area contributed by atoms with Gasteiger partial charge in [0.15, 0.2) is 0 Å². The number of nitrogens with one attached hydrogen (secondary N) is 1. The van der Waals surface area contributed by atoms with Gasteiger partial charge in [0.2, 0.25) is 5.91 Å². The fourth-order valence-electron chi connectivity index (χ4n) is 2.07. The predicted octanol–water partition coefficient (Wildman–Crippen LogP) is 4.19. The molecule has 0 heterocycles. The van der Waals surface area contributed by atoms with Gasteiger partial charge in [-0.1, -0.05) is 60.7 Å². The van der Waals surface area contributed by atoms with Gasteiger partial charge in [-0.15, -0.1) is 0 Å². The van der Waals surface area contributed by atoms with Crippen molar-refractivity contribution in [2.45, 2.75) is 25.1 Å². The summed E-state index contributed by atoms with van der Waals surface area (Å²) in [6, 6.07) is 20.5. The number of rotatable bonds is 7. The zero-order valence-electron chi connectivity index (χ0n) is 12.3. The van der Waals surface area contributed by atoms with Crippen LogP contribution >= 0.6 is 11.8 Å². The van der Waals surface area contributed by atoms with Crippen molar-refractivity contribution in [1.82, 2.24) is 5.32 Å². The number of carbonyl (C=O) groups is 1. The Balaban J connectivity index is 1.66. The molecule has 0 aromatic heterocycles. The summed E-state index contributed by atoms with van der Waals surface area (Å²) >= 11 is 1.80. The summed E-state index contributed by atoms with van der Waals surface area (Å²) in [7, 11) is 0. The van der Waals surface area contributed by atoms with E-state index in [2.05, 4.69) is 17.4 Å². The molecule has 0 aliphatic rings. The minimum atomic E-state index is 0.0674. The molecule has 110 valence electrons. The minimum absolute atomic E-state index is 0.0674. The van der Waals surface area contributed by atoms with Crippen molar-refractivity contribution in [2.75, 3.05) is 5.75 Å². The topological polar surface area (TPSA) is 29.1 Å². The lowest BCUT2D eigenvalue weighted by molar-refractivity contribution is -0.121. The van der Waals surface area contributed by atoms with Crippen LogP contribution in [0.25, 0.3) is 0 Å². The molecule has 0 saturated heterocycles. The van der Waals surface area contributed by atoms with Crippen LogP contribution < -0.4 is 5.32 Å². The molecule has 0 saturated carbocycles. The van der Waals surface area contributed by atoms with Crippen LogP contribution in [-0.4, -0.2) is 11.7 Å². The third-order valence-electron chi connectivity index (χ3n) is 3.26. The Morgan fingerprint density at radius 1 is 1.05 bits per heavy atom. The monoisotopic (exact) mass is 299 g/mol. The van der Waals surface area contributed by atoms with Gasteiger partial charge in [-0.3, -0.25) is 4.79 Å². The Kier molecular flexibility index (Phi) is 6.35. The van der Waals surface area contributed by atoms with Gasteiger partial charge in [-0.2, -0.15) is 11.8 Å². The lowest BCUT2D eigenvalue weighted by atomic mass is 10.1. The van der Waals surface area contributed by atoms with Crippen LogP contribution in [-0.2, 0) is 10.5 Å². The molecule has 0 spiro atoms. The summed E-state index contributed by atoms with van der Waals surface area (Å²) in [5.41, 5.74) is 2.45. The average molecular weight is 299 g/mol. The first-order valence-electron chi connectivity index (χ1n) is 7.21. The largest absolute Gasteiger partial charge is 0.350 e. The number of thioether (sulfide) groups is 1. The number of carbonyl (C=O) groups excluding carboxylic acids is 1. The average Bonchev–Trinajstić information content (AvgIpc) is 2.53. The van der Waals surface area contributed by atoms with Gasteiger partial charge in [0.25, 0.3) is 0 Å². The molecule has 2 nitrogen and oxygen atoms in total. The van der Waals surface area contributed by atoms with E-state index in [1.165, 1.54) is 5.56 Å². The van der Waals surface area contributed by atoms with E-state index in [1.54, 1.807) is 11.8 Å². The van der Waals surface area contributed by atoms with Gasteiger partial charge in [-0.25, -0.2) is 0 Å². The van der Waals surface area contributed by atoms with Crippen LogP contribution in [0.3, 0.4) is 0 Å². The fraction of sp³-hybridized carbons (Fsp3) is 0.278. The maximum Gasteiger partial charge on any atom is 0.221 e. The van der Waals surface area contributed by atoms with Gasteiger partial charge in [-0.05, 0) is 18.1 Å². The Labute approximate surface area is 131 Å². The summed E-state index contributed by atoms with van der Waals surface area (Å²) < 4.78 is 0. The third-order valence-corrected chi connectivity index (χ3v) is 4.29. The van der Waals surface area contributed by atoms with Gasteiger partial charge in [0.1, 0.15) is 0 Å². The molecule has 2 rings (SSSR count). The molecule has 2 aromatic rings. The van der Waals surface area contributed by atoms with Crippen molar-refractivity contribution >= 4 is 17.7 Å². The summed E-state index contributed by atoms with van der Waals surface area (Å²) in [5, 5.41) is 3.04. The minimum Gasteiger partial charge on any atom is -0.350 e.